The average molecular weight is 276 g/mol. The molecule has 5 nitrogen and oxygen atoms in total. The predicted molar refractivity (Wildman–Crippen MR) is 50.4 cm³/mol. The second kappa shape index (κ2) is 4.69. The minimum atomic E-state index is -5.02. The van der Waals surface area contributed by atoms with Crippen LogP contribution < -0.4 is 0 Å². The summed E-state index contributed by atoms with van der Waals surface area (Å²) in [6.45, 7) is 1.54. The third kappa shape index (κ3) is 2.81. The number of alkyl halides is 4. The van der Waals surface area contributed by atoms with Crippen molar-refractivity contribution in [3.63, 3.8) is 0 Å². The molecular formula is C8H9ClF3NO4. The molecule has 2 atom stereocenters. The molecule has 17 heavy (non-hydrogen) atoms. The van der Waals surface area contributed by atoms with Crippen molar-refractivity contribution < 1.29 is 32.6 Å². The molecule has 0 aromatic heterocycles. The summed E-state index contributed by atoms with van der Waals surface area (Å²) in [5.74, 6) is -4.37. The molecule has 0 saturated heterocycles. The molecule has 0 spiro atoms. The van der Waals surface area contributed by atoms with Crippen molar-refractivity contribution in [3.8, 4) is 0 Å². The van der Waals surface area contributed by atoms with E-state index in [2.05, 4.69) is 14.7 Å². The fourth-order valence-corrected chi connectivity index (χ4v) is 1.26. The third-order valence-corrected chi connectivity index (χ3v) is 2.39. The van der Waals surface area contributed by atoms with Gasteiger partial charge in [-0.3, -0.25) is 4.79 Å². The van der Waals surface area contributed by atoms with E-state index in [4.69, 9.17) is 16.7 Å². The molecule has 0 fully saturated rings. The molecule has 0 saturated carbocycles. The number of hydrogen-bond donors (Lipinski definition) is 1. The van der Waals surface area contributed by atoms with Crippen LogP contribution in [0.1, 0.15) is 13.3 Å². The van der Waals surface area contributed by atoms with E-state index < -0.39 is 35.4 Å². The molecule has 98 valence electrons. The largest absolute Gasteiger partial charge is 0.465 e. The zero-order valence-corrected chi connectivity index (χ0v) is 9.38. The summed E-state index contributed by atoms with van der Waals surface area (Å²) in [4.78, 5) is 15.0. The van der Waals surface area contributed by atoms with Crippen LogP contribution in [0.25, 0.3) is 0 Å². The van der Waals surface area contributed by atoms with Gasteiger partial charge in [-0.25, -0.2) is 0 Å². The van der Waals surface area contributed by atoms with E-state index >= 15 is 0 Å². The molecule has 1 rings (SSSR count). The third-order valence-electron chi connectivity index (χ3n) is 1.96. The highest BCUT2D eigenvalue weighted by atomic mass is 35.5. The highest BCUT2D eigenvalue weighted by molar-refractivity contribution is 6.42. The molecule has 2 unspecified atom stereocenters. The molecule has 9 heteroatoms. The highest BCUT2D eigenvalue weighted by Gasteiger charge is 2.61. The summed E-state index contributed by atoms with van der Waals surface area (Å²) in [6.07, 6.45) is -6.05. The minimum Gasteiger partial charge on any atom is -0.465 e. The van der Waals surface area contributed by atoms with Gasteiger partial charge >= 0.3 is 17.9 Å². The Bertz CT molecular complexity index is 346. The smallest absolute Gasteiger partial charge is 0.458 e. The zero-order chi connectivity index (χ0) is 13.3. The van der Waals surface area contributed by atoms with Crippen molar-refractivity contribution in [1.29, 1.82) is 0 Å². The van der Waals surface area contributed by atoms with Gasteiger partial charge in [0.2, 0.25) is 0 Å². The topological polar surface area (TPSA) is 68.1 Å². The molecule has 0 bridgehead atoms. The number of halogens is 4. The van der Waals surface area contributed by atoms with Gasteiger partial charge in [0, 0.05) is 0 Å². The first kappa shape index (κ1) is 14.0. The number of nitrogens with zero attached hydrogens (tertiary/aromatic N) is 1. The molecule has 0 aromatic carbocycles. The number of ether oxygens (including phenoxy) is 1. The fraction of sp³-hybridized carbons (Fsp3) is 0.750. The minimum absolute atomic E-state index is 0.0275. The van der Waals surface area contributed by atoms with Crippen molar-refractivity contribution in [2.24, 2.45) is 5.16 Å². The lowest BCUT2D eigenvalue weighted by Gasteiger charge is -2.22. The van der Waals surface area contributed by atoms with Crippen molar-refractivity contribution in [2.75, 3.05) is 6.61 Å². The SMILES string of the molecule is CCOC(=O)C(Cl)C1=NOC(O)(C(F)(F)F)C1. The Balaban J connectivity index is 2.70. The summed E-state index contributed by atoms with van der Waals surface area (Å²) >= 11 is 5.53. The first-order chi connectivity index (χ1) is 7.71. The highest BCUT2D eigenvalue weighted by Crippen LogP contribution is 2.38. The quantitative estimate of drug-likeness (QED) is 0.620. The zero-order valence-electron chi connectivity index (χ0n) is 8.62. The Hall–Kier alpha value is -1.02. The van der Waals surface area contributed by atoms with Crippen LogP contribution in [0.2, 0.25) is 0 Å². The first-order valence-electron chi connectivity index (χ1n) is 4.56. The van der Waals surface area contributed by atoms with Gasteiger partial charge in [0.05, 0.1) is 18.7 Å². The molecule has 1 aliphatic heterocycles. The van der Waals surface area contributed by atoms with Crippen LogP contribution >= 0.6 is 11.6 Å². The summed E-state index contributed by atoms with van der Waals surface area (Å²) in [6, 6.07) is 0. The number of esters is 1. The van der Waals surface area contributed by atoms with E-state index in [-0.39, 0.29) is 6.61 Å². The normalized spacial score (nSPS) is 26.1. The van der Waals surface area contributed by atoms with Crippen LogP contribution in [0.15, 0.2) is 5.16 Å². The number of oxime groups is 1. The van der Waals surface area contributed by atoms with Crippen molar-refractivity contribution in [2.45, 2.75) is 30.7 Å². The standard InChI is InChI=1S/C8H9ClF3NO4/c1-2-16-6(14)5(9)4-3-7(15,17-13-4)8(10,11)12/h5,15H,2-3H2,1H3. The van der Waals surface area contributed by atoms with E-state index in [1.807, 2.05) is 0 Å². The van der Waals surface area contributed by atoms with Gasteiger partial charge in [0.15, 0.2) is 5.38 Å². The molecular weight excluding hydrogens is 267 g/mol. The molecule has 0 aromatic rings. The van der Waals surface area contributed by atoms with Gasteiger partial charge in [0.1, 0.15) is 0 Å². The maximum atomic E-state index is 12.3. The Morgan fingerprint density at radius 1 is 1.76 bits per heavy atom. The predicted octanol–water partition coefficient (Wildman–Crippen LogP) is 1.18. The number of hydrogen-bond acceptors (Lipinski definition) is 5. The molecule has 0 amide bonds. The van der Waals surface area contributed by atoms with Crippen molar-refractivity contribution >= 4 is 23.3 Å². The van der Waals surface area contributed by atoms with Crippen molar-refractivity contribution in [1.82, 2.24) is 0 Å². The van der Waals surface area contributed by atoms with E-state index in [1.165, 1.54) is 6.92 Å². The van der Waals surface area contributed by atoms with E-state index in [1.54, 1.807) is 0 Å². The van der Waals surface area contributed by atoms with Crippen LogP contribution in [-0.2, 0) is 14.4 Å². The van der Waals surface area contributed by atoms with Crippen LogP contribution in [0.3, 0.4) is 0 Å². The molecule has 1 N–H and O–H groups in total. The number of aliphatic hydroxyl groups is 1. The summed E-state index contributed by atoms with van der Waals surface area (Å²) in [5.41, 5.74) is -0.426. The van der Waals surface area contributed by atoms with Gasteiger partial charge < -0.3 is 14.7 Å². The van der Waals surface area contributed by atoms with E-state index in [0.717, 1.165) is 0 Å². The van der Waals surface area contributed by atoms with Crippen LogP contribution in [0.5, 0.6) is 0 Å². The van der Waals surface area contributed by atoms with Crippen LogP contribution in [0, 0.1) is 0 Å². The monoisotopic (exact) mass is 275 g/mol. The first-order valence-corrected chi connectivity index (χ1v) is 4.99. The maximum absolute atomic E-state index is 12.3. The summed E-state index contributed by atoms with van der Waals surface area (Å²) < 4.78 is 41.5. The van der Waals surface area contributed by atoms with Crippen LogP contribution in [-0.4, -0.2) is 40.7 Å². The van der Waals surface area contributed by atoms with Crippen molar-refractivity contribution in [3.05, 3.63) is 0 Å². The van der Waals surface area contributed by atoms with Gasteiger partial charge in [-0.15, -0.1) is 11.6 Å². The summed E-state index contributed by atoms with van der Waals surface area (Å²) in [7, 11) is 0. The van der Waals surface area contributed by atoms with Gasteiger partial charge in [-0.1, -0.05) is 5.16 Å². The van der Waals surface area contributed by atoms with Gasteiger partial charge in [-0.2, -0.15) is 13.2 Å². The number of carbonyl (C=O) groups excluding carboxylic acids is 1. The lowest BCUT2D eigenvalue weighted by molar-refractivity contribution is -0.355. The maximum Gasteiger partial charge on any atom is 0.458 e. The van der Waals surface area contributed by atoms with Gasteiger partial charge in [0.25, 0.3) is 0 Å². The molecule has 0 aliphatic carbocycles. The van der Waals surface area contributed by atoms with E-state index in [0.29, 0.717) is 0 Å². The Kier molecular flexibility index (Phi) is 3.88. The number of carbonyl (C=O) groups is 1. The van der Waals surface area contributed by atoms with Gasteiger partial charge in [-0.05, 0) is 6.92 Å². The second-order valence-electron chi connectivity index (χ2n) is 3.25. The Morgan fingerprint density at radius 3 is 2.76 bits per heavy atom. The molecule has 1 aliphatic rings. The number of rotatable bonds is 3. The average Bonchev–Trinajstić information content (AvgIpc) is 2.60. The Morgan fingerprint density at radius 2 is 2.35 bits per heavy atom. The fourth-order valence-electron chi connectivity index (χ4n) is 1.08. The molecule has 1 heterocycles. The second-order valence-corrected chi connectivity index (χ2v) is 3.68. The Labute approximate surface area is 99.1 Å². The lowest BCUT2D eigenvalue weighted by atomic mass is 10.1. The summed E-state index contributed by atoms with van der Waals surface area (Å²) in [5, 5.41) is 10.6. The lowest BCUT2D eigenvalue weighted by Crippen LogP contribution is -2.46. The van der Waals surface area contributed by atoms with E-state index in [9.17, 15) is 18.0 Å². The molecule has 0 radical (unpaired) electrons. The van der Waals surface area contributed by atoms with Crippen LogP contribution in [0.4, 0.5) is 13.2 Å².